The number of ether oxygens (including phenoxy) is 2. The molecule has 1 aromatic rings. The minimum atomic E-state index is -0.925. The highest BCUT2D eigenvalue weighted by molar-refractivity contribution is 9.10. The van der Waals surface area contributed by atoms with Crippen molar-refractivity contribution in [2.24, 2.45) is 0 Å². The van der Waals surface area contributed by atoms with Crippen LogP contribution in [0.25, 0.3) is 0 Å². The average Bonchev–Trinajstić information content (AvgIpc) is 2.36. The Kier molecular flexibility index (Phi) is 4.73. The third-order valence-electron chi connectivity index (χ3n) is 3.39. The van der Waals surface area contributed by atoms with Gasteiger partial charge in [0.05, 0.1) is 20.2 Å². The molecule has 0 spiro atoms. The number of likely N-dealkylation sites (tertiary alicyclic amines) is 1. The minimum Gasteiger partial charge on any atom is -0.497 e. The lowest BCUT2D eigenvalue weighted by Crippen LogP contribution is -2.65. The van der Waals surface area contributed by atoms with Gasteiger partial charge < -0.3 is 19.5 Å². The standard InChI is InChI=1S/C16H22BrNO4/c1-15(2,3)22-14(19)18-9-16(20,10-18)8-11-7-12(21-4)5-6-13(11)17/h5-7,20H,8-10H2,1-4H3. The second-order valence-electron chi connectivity index (χ2n) is 6.69. The van der Waals surface area contributed by atoms with Gasteiger partial charge in [0, 0.05) is 10.9 Å². The Morgan fingerprint density at radius 1 is 1.41 bits per heavy atom. The largest absolute Gasteiger partial charge is 0.497 e. The van der Waals surface area contributed by atoms with E-state index in [0.717, 1.165) is 15.8 Å². The summed E-state index contributed by atoms with van der Waals surface area (Å²) in [5.74, 6) is 0.741. The average molecular weight is 372 g/mol. The minimum absolute atomic E-state index is 0.269. The summed E-state index contributed by atoms with van der Waals surface area (Å²) in [6, 6.07) is 5.63. The number of benzene rings is 1. The molecule has 122 valence electrons. The second kappa shape index (κ2) is 6.08. The first-order valence-electron chi connectivity index (χ1n) is 7.15. The number of hydrogen-bond acceptors (Lipinski definition) is 4. The fraction of sp³-hybridized carbons (Fsp3) is 0.562. The number of nitrogens with zero attached hydrogens (tertiary/aromatic N) is 1. The fourth-order valence-corrected chi connectivity index (χ4v) is 2.79. The molecule has 0 saturated carbocycles. The van der Waals surface area contributed by atoms with Crippen molar-refractivity contribution in [3.8, 4) is 5.75 Å². The zero-order valence-electron chi connectivity index (χ0n) is 13.4. The van der Waals surface area contributed by atoms with E-state index < -0.39 is 11.2 Å². The van der Waals surface area contributed by atoms with E-state index in [-0.39, 0.29) is 19.2 Å². The summed E-state index contributed by atoms with van der Waals surface area (Å²) < 4.78 is 11.4. The van der Waals surface area contributed by atoms with Crippen LogP contribution < -0.4 is 4.74 Å². The number of carbonyl (C=O) groups is 1. The van der Waals surface area contributed by atoms with Gasteiger partial charge >= 0.3 is 6.09 Å². The molecule has 0 unspecified atom stereocenters. The van der Waals surface area contributed by atoms with Crippen molar-refractivity contribution in [1.82, 2.24) is 4.90 Å². The molecule has 0 radical (unpaired) electrons. The highest BCUT2D eigenvalue weighted by Crippen LogP contribution is 2.31. The molecule has 0 aliphatic carbocycles. The van der Waals surface area contributed by atoms with Gasteiger partial charge in [-0.05, 0) is 44.5 Å². The van der Waals surface area contributed by atoms with Crippen molar-refractivity contribution in [2.45, 2.75) is 38.4 Å². The molecular weight excluding hydrogens is 350 g/mol. The summed E-state index contributed by atoms with van der Waals surface area (Å²) >= 11 is 3.48. The van der Waals surface area contributed by atoms with Crippen LogP contribution in [-0.2, 0) is 11.2 Å². The Balaban J connectivity index is 1.97. The van der Waals surface area contributed by atoms with Gasteiger partial charge in [-0.3, -0.25) is 0 Å². The Morgan fingerprint density at radius 2 is 2.05 bits per heavy atom. The lowest BCUT2D eigenvalue weighted by molar-refractivity contribution is -0.0974. The topological polar surface area (TPSA) is 59.0 Å². The van der Waals surface area contributed by atoms with Crippen LogP contribution in [0.15, 0.2) is 22.7 Å². The predicted octanol–water partition coefficient (Wildman–Crippen LogP) is 2.98. The van der Waals surface area contributed by atoms with Crippen molar-refractivity contribution in [1.29, 1.82) is 0 Å². The molecule has 1 fully saturated rings. The first-order chi connectivity index (χ1) is 10.1. The van der Waals surface area contributed by atoms with Crippen LogP contribution in [0.4, 0.5) is 4.79 Å². The Morgan fingerprint density at radius 3 is 2.59 bits per heavy atom. The SMILES string of the molecule is COc1ccc(Br)c(CC2(O)CN(C(=O)OC(C)(C)C)C2)c1. The van der Waals surface area contributed by atoms with Crippen molar-refractivity contribution in [3.05, 3.63) is 28.2 Å². The third kappa shape index (κ3) is 4.14. The fourth-order valence-electron chi connectivity index (χ4n) is 2.40. The monoisotopic (exact) mass is 371 g/mol. The Hall–Kier alpha value is -1.27. The quantitative estimate of drug-likeness (QED) is 0.886. The molecule has 1 aliphatic heterocycles. The molecule has 2 rings (SSSR count). The number of amides is 1. The van der Waals surface area contributed by atoms with Gasteiger partial charge in [-0.1, -0.05) is 15.9 Å². The number of β-amino-alcohol motifs (C(OH)–C–C–N with tert-alkyl or cyclic N) is 1. The molecule has 1 N–H and O–H groups in total. The van der Waals surface area contributed by atoms with E-state index in [0.29, 0.717) is 6.42 Å². The predicted molar refractivity (Wildman–Crippen MR) is 87.2 cm³/mol. The molecule has 1 aliphatic rings. The smallest absolute Gasteiger partial charge is 0.410 e. The maximum absolute atomic E-state index is 11.9. The Bertz CT molecular complexity index is 562. The molecule has 0 aromatic heterocycles. The summed E-state index contributed by atoms with van der Waals surface area (Å²) in [6.45, 7) is 6.01. The first kappa shape index (κ1) is 17.1. The molecule has 1 amide bonds. The van der Waals surface area contributed by atoms with Gasteiger partial charge in [0.25, 0.3) is 0 Å². The molecule has 22 heavy (non-hydrogen) atoms. The number of halogens is 1. The lowest BCUT2D eigenvalue weighted by atomic mass is 9.87. The normalized spacial score (nSPS) is 16.9. The molecule has 0 bridgehead atoms. The molecule has 1 saturated heterocycles. The van der Waals surface area contributed by atoms with Gasteiger partial charge in [0.1, 0.15) is 17.0 Å². The van der Waals surface area contributed by atoms with Gasteiger partial charge in [0.15, 0.2) is 0 Å². The maximum Gasteiger partial charge on any atom is 0.410 e. The van der Waals surface area contributed by atoms with E-state index in [1.54, 1.807) is 7.11 Å². The number of hydrogen-bond donors (Lipinski definition) is 1. The van der Waals surface area contributed by atoms with Crippen molar-refractivity contribution in [3.63, 3.8) is 0 Å². The summed E-state index contributed by atoms with van der Waals surface area (Å²) in [5.41, 5.74) is -0.502. The number of methoxy groups -OCH3 is 1. The molecular formula is C16H22BrNO4. The molecule has 0 atom stereocenters. The van der Waals surface area contributed by atoms with Crippen LogP contribution in [0.2, 0.25) is 0 Å². The van der Waals surface area contributed by atoms with Crippen LogP contribution in [0, 0.1) is 0 Å². The van der Waals surface area contributed by atoms with Crippen LogP contribution in [0.5, 0.6) is 5.75 Å². The first-order valence-corrected chi connectivity index (χ1v) is 7.94. The Labute approximate surface area is 139 Å². The maximum atomic E-state index is 11.9. The van der Waals surface area contributed by atoms with E-state index in [2.05, 4.69) is 15.9 Å². The van der Waals surface area contributed by atoms with Crippen LogP contribution in [0.1, 0.15) is 26.3 Å². The molecule has 5 nitrogen and oxygen atoms in total. The van der Waals surface area contributed by atoms with Gasteiger partial charge in [-0.15, -0.1) is 0 Å². The summed E-state index contributed by atoms with van der Waals surface area (Å²) in [6.07, 6.45) is 0.0613. The van der Waals surface area contributed by atoms with E-state index in [1.807, 2.05) is 39.0 Å². The second-order valence-corrected chi connectivity index (χ2v) is 7.55. The van der Waals surface area contributed by atoms with Gasteiger partial charge in [-0.25, -0.2) is 4.79 Å². The summed E-state index contributed by atoms with van der Waals surface area (Å²) in [5, 5.41) is 10.6. The van der Waals surface area contributed by atoms with Gasteiger partial charge in [0.2, 0.25) is 0 Å². The van der Waals surface area contributed by atoms with Crippen LogP contribution in [-0.4, -0.2) is 47.5 Å². The van der Waals surface area contributed by atoms with Crippen molar-refractivity contribution < 1.29 is 19.4 Å². The zero-order valence-corrected chi connectivity index (χ0v) is 14.9. The van der Waals surface area contributed by atoms with Gasteiger partial charge in [-0.2, -0.15) is 0 Å². The molecule has 1 aromatic carbocycles. The van der Waals surface area contributed by atoms with E-state index in [4.69, 9.17) is 9.47 Å². The third-order valence-corrected chi connectivity index (χ3v) is 4.17. The molecule has 6 heteroatoms. The van der Waals surface area contributed by atoms with E-state index in [9.17, 15) is 9.90 Å². The summed E-state index contributed by atoms with van der Waals surface area (Å²) in [7, 11) is 1.61. The zero-order chi connectivity index (χ0) is 16.5. The highest BCUT2D eigenvalue weighted by atomic mass is 79.9. The van der Waals surface area contributed by atoms with E-state index >= 15 is 0 Å². The molecule has 1 heterocycles. The number of carbonyl (C=O) groups excluding carboxylic acids is 1. The summed E-state index contributed by atoms with van der Waals surface area (Å²) in [4.78, 5) is 13.4. The lowest BCUT2D eigenvalue weighted by Gasteiger charge is -2.46. The highest BCUT2D eigenvalue weighted by Gasteiger charge is 2.45. The van der Waals surface area contributed by atoms with E-state index in [1.165, 1.54) is 4.90 Å². The van der Waals surface area contributed by atoms with Crippen LogP contribution in [0.3, 0.4) is 0 Å². The van der Waals surface area contributed by atoms with Crippen LogP contribution >= 0.6 is 15.9 Å². The number of aliphatic hydroxyl groups is 1. The van der Waals surface area contributed by atoms with Crippen molar-refractivity contribution in [2.75, 3.05) is 20.2 Å². The number of rotatable bonds is 3. The van der Waals surface area contributed by atoms with Crippen molar-refractivity contribution >= 4 is 22.0 Å².